The minimum Gasteiger partial charge on any atom is -0.496 e. The zero-order valence-electron chi connectivity index (χ0n) is 41.7. The zero-order valence-corrected chi connectivity index (χ0v) is 41.7. The number of nitrogens with zero attached hydrogens (tertiary/aromatic N) is 5. The molecule has 8 rings (SSSR count). The van der Waals surface area contributed by atoms with Crippen LogP contribution in [0.1, 0.15) is 150 Å². The molecule has 5 fully saturated rings. The normalized spacial score (nSPS) is 23.0. The van der Waals surface area contributed by atoms with Gasteiger partial charge in [0.15, 0.2) is 5.69 Å². The number of nitrogens with one attached hydrogen (secondary N) is 1. The summed E-state index contributed by atoms with van der Waals surface area (Å²) in [5.41, 5.74) is 2.51. The van der Waals surface area contributed by atoms with Gasteiger partial charge in [-0.2, -0.15) is 5.10 Å². The van der Waals surface area contributed by atoms with E-state index in [0.29, 0.717) is 53.3 Å². The summed E-state index contributed by atoms with van der Waals surface area (Å²) in [6.45, 7) is 12.3. The quantitative estimate of drug-likeness (QED) is 0.111. The summed E-state index contributed by atoms with van der Waals surface area (Å²) in [6, 6.07) is 13.8. The topological polar surface area (TPSA) is 118 Å². The minimum absolute atomic E-state index is 0.00116. The molecule has 1 aromatic heterocycles. The van der Waals surface area contributed by atoms with Crippen LogP contribution in [0.25, 0.3) is 16.9 Å². The van der Waals surface area contributed by atoms with E-state index in [1.165, 1.54) is 51.4 Å². The summed E-state index contributed by atoms with van der Waals surface area (Å²) >= 11 is 0. The van der Waals surface area contributed by atoms with Gasteiger partial charge in [0.25, 0.3) is 11.8 Å². The molecule has 0 saturated heterocycles. The highest BCUT2D eigenvalue weighted by Crippen LogP contribution is 2.59. The summed E-state index contributed by atoms with van der Waals surface area (Å²) in [5.74, 6) is 1.70. The molecule has 5 aliphatic carbocycles. The molecule has 1 N–H and O–H groups in total. The molecule has 2 amide bonds. The van der Waals surface area contributed by atoms with E-state index in [9.17, 15) is 14.4 Å². The lowest BCUT2D eigenvalue weighted by molar-refractivity contribution is -0.171. The van der Waals surface area contributed by atoms with Crippen molar-refractivity contribution in [2.45, 2.75) is 135 Å². The van der Waals surface area contributed by atoms with E-state index >= 15 is 0 Å². The number of aromatic nitrogens is 2. The van der Waals surface area contributed by atoms with Gasteiger partial charge in [-0.15, -0.1) is 0 Å². The highest BCUT2D eigenvalue weighted by atomic mass is 16.5. The summed E-state index contributed by atoms with van der Waals surface area (Å²) in [6.07, 6.45) is 16.4. The first-order valence-electron chi connectivity index (χ1n) is 25.3. The second-order valence-electron chi connectivity index (χ2n) is 21.1. The van der Waals surface area contributed by atoms with Crippen LogP contribution in [0.5, 0.6) is 11.5 Å². The van der Waals surface area contributed by atoms with Gasteiger partial charge < -0.3 is 34.2 Å². The maximum atomic E-state index is 14.8. The molecule has 0 radical (unpaired) electrons. The number of carbonyl (C=O) groups is 3. The van der Waals surface area contributed by atoms with E-state index in [4.69, 9.17) is 19.3 Å². The Labute approximate surface area is 395 Å². The fraction of sp³-hybridized carbons (Fsp3) is 0.667. The van der Waals surface area contributed by atoms with Crippen LogP contribution < -0.4 is 14.8 Å². The van der Waals surface area contributed by atoms with E-state index in [2.05, 4.69) is 43.1 Å². The first kappa shape index (κ1) is 49.5. The number of benzene rings is 2. The molecule has 12 heteroatoms. The van der Waals surface area contributed by atoms with Crippen LogP contribution in [0, 0.1) is 29.6 Å². The monoisotopic (exact) mass is 909 g/mol. The predicted octanol–water partition coefficient (Wildman–Crippen LogP) is 9.63. The highest BCUT2D eigenvalue weighted by molar-refractivity contribution is 5.99. The molecule has 0 aliphatic heterocycles. The number of methoxy groups -OCH3 is 2. The van der Waals surface area contributed by atoms with Crippen molar-refractivity contribution < 1.29 is 28.6 Å². The first-order chi connectivity index (χ1) is 31.7. The second-order valence-corrected chi connectivity index (χ2v) is 21.1. The molecule has 3 aromatic rings. The Hall–Kier alpha value is -4.42. The zero-order chi connectivity index (χ0) is 47.1. The van der Waals surface area contributed by atoms with Crippen molar-refractivity contribution in [1.82, 2.24) is 29.8 Å². The summed E-state index contributed by atoms with van der Waals surface area (Å²) in [7, 11) is 9.60. The standard InChI is InChI=1S/C54H80N6O6/c1-36(2)35-66-53(63)54(41-29-38-28-39(31-41)32-42(54)30-38)55-51(61)45-34-47(50-48(64-8)20-15-21-49(50)65-9)60(56-45)46-23-22-40(33-44(46)37(3)4)52(62)59(7)27-17-25-57(5)24-16-26-58(6)43-18-13-11-10-12-14-19-43/h15,20-23,33-34,36-39,41-43H,10-14,16-19,24-32,35H2,1-9H3,(H,55,61). The Morgan fingerprint density at radius 1 is 0.788 bits per heavy atom. The average Bonchev–Trinajstić information content (AvgIpc) is 3.73. The Balaban J connectivity index is 1.11. The molecule has 66 heavy (non-hydrogen) atoms. The lowest BCUT2D eigenvalue weighted by atomic mass is 9.48. The van der Waals surface area contributed by atoms with Gasteiger partial charge in [0.2, 0.25) is 0 Å². The Bertz CT molecular complexity index is 2070. The third kappa shape index (κ3) is 11.0. The molecule has 2 aromatic carbocycles. The van der Waals surface area contributed by atoms with Gasteiger partial charge in [0.05, 0.1) is 37.8 Å². The molecule has 0 unspecified atom stereocenters. The summed E-state index contributed by atoms with van der Waals surface area (Å²) < 4.78 is 19.6. The third-order valence-corrected chi connectivity index (χ3v) is 15.5. The Morgan fingerprint density at radius 2 is 1.39 bits per heavy atom. The molecule has 1 heterocycles. The predicted molar refractivity (Wildman–Crippen MR) is 262 cm³/mol. The molecule has 5 saturated carbocycles. The number of rotatable bonds is 20. The van der Waals surface area contributed by atoms with Crippen LogP contribution >= 0.6 is 0 Å². The van der Waals surface area contributed by atoms with Crippen LogP contribution in [0.4, 0.5) is 0 Å². The van der Waals surface area contributed by atoms with Crippen LogP contribution in [-0.4, -0.2) is 122 Å². The molecule has 0 atom stereocenters. The fourth-order valence-corrected chi connectivity index (χ4v) is 12.1. The van der Waals surface area contributed by atoms with Crippen molar-refractivity contribution in [2.24, 2.45) is 29.6 Å². The number of esters is 1. The van der Waals surface area contributed by atoms with E-state index in [1.807, 2.05) is 62.2 Å². The van der Waals surface area contributed by atoms with E-state index in [0.717, 1.165) is 75.5 Å². The van der Waals surface area contributed by atoms with Crippen LogP contribution in [0.2, 0.25) is 0 Å². The van der Waals surface area contributed by atoms with Crippen molar-refractivity contribution in [3.8, 4) is 28.4 Å². The van der Waals surface area contributed by atoms with Crippen molar-refractivity contribution in [2.75, 3.05) is 68.1 Å². The van der Waals surface area contributed by atoms with Gasteiger partial charge in [-0.1, -0.05) is 65.9 Å². The van der Waals surface area contributed by atoms with Gasteiger partial charge in [-0.05, 0) is 169 Å². The van der Waals surface area contributed by atoms with E-state index < -0.39 is 11.4 Å². The number of amides is 2. The number of hydrogen-bond donors (Lipinski definition) is 1. The lowest BCUT2D eigenvalue weighted by Crippen LogP contribution is -2.70. The second kappa shape index (κ2) is 22.1. The Morgan fingerprint density at radius 3 is 1.98 bits per heavy atom. The molecule has 4 bridgehead atoms. The average molecular weight is 909 g/mol. The van der Waals surface area contributed by atoms with E-state index in [1.54, 1.807) is 25.0 Å². The van der Waals surface area contributed by atoms with Gasteiger partial charge in [-0.25, -0.2) is 9.48 Å². The molecule has 5 aliphatic rings. The van der Waals surface area contributed by atoms with Crippen molar-refractivity contribution in [3.05, 3.63) is 59.3 Å². The van der Waals surface area contributed by atoms with Gasteiger partial charge in [-0.3, -0.25) is 9.59 Å². The van der Waals surface area contributed by atoms with Crippen molar-refractivity contribution in [3.63, 3.8) is 0 Å². The number of ether oxygens (including phenoxy) is 3. The maximum Gasteiger partial charge on any atom is 0.332 e. The van der Waals surface area contributed by atoms with Gasteiger partial charge >= 0.3 is 5.97 Å². The minimum atomic E-state index is -1.11. The van der Waals surface area contributed by atoms with Crippen molar-refractivity contribution in [1.29, 1.82) is 0 Å². The summed E-state index contributed by atoms with van der Waals surface area (Å²) in [4.78, 5) is 50.0. The van der Waals surface area contributed by atoms with Crippen molar-refractivity contribution >= 4 is 17.8 Å². The highest BCUT2D eigenvalue weighted by Gasteiger charge is 2.63. The van der Waals surface area contributed by atoms with Crippen LogP contribution in [0.15, 0.2) is 42.5 Å². The Kier molecular flexibility index (Phi) is 16.6. The molecule has 362 valence electrons. The van der Waals surface area contributed by atoms with Crippen LogP contribution in [-0.2, 0) is 9.53 Å². The smallest absolute Gasteiger partial charge is 0.332 e. The molecule has 12 nitrogen and oxygen atoms in total. The number of hydrogen-bond acceptors (Lipinski definition) is 9. The molecular formula is C54H80N6O6. The summed E-state index contributed by atoms with van der Waals surface area (Å²) in [5, 5.41) is 8.40. The van der Waals surface area contributed by atoms with Gasteiger partial charge in [0.1, 0.15) is 17.0 Å². The molecule has 0 spiro atoms. The number of carbonyl (C=O) groups excluding carboxylic acids is 3. The van der Waals surface area contributed by atoms with Gasteiger partial charge in [0, 0.05) is 25.2 Å². The fourth-order valence-electron chi connectivity index (χ4n) is 12.1. The SMILES string of the molecule is COc1cccc(OC)c1-c1cc(C(=O)NC2(C(=O)OCC(C)C)C3CC4CC(C3)CC2C4)nn1-c1ccc(C(=O)N(C)CCCN(C)CCCN(C)C2CCCCCCC2)cc1C(C)C. The lowest BCUT2D eigenvalue weighted by Gasteiger charge is -2.59. The molecular weight excluding hydrogens is 829 g/mol. The first-order valence-corrected chi connectivity index (χ1v) is 25.3. The van der Waals surface area contributed by atoms with Crippen LogP contribution in [0.3, 0.4) is 0 Å². The third-order valence-electron chi connectivity index (χ3n) is 15.5. The maximum absolute atomic E-state index is 14.8. The largest absolute Gasteiger partial charge is 0.496 e. The van der Waals surface area contributed by atoms with E-state index in [-0.39, 0.29) is 41.2 Å².